The van der Waals surface area contributed by atoms with Crippen molar-refractivity contribution in [3.8, 4) is 11.8 Å². The SMILES string of the molecule is N#C/C(=C\c1ccc(OCc2ccc(Cl)cc2)cc1)C(=O)NCc1cccs1. The Morgan fingerprint density at radius 2 is 1.89 bits per heavy atom. The lowest BCUT2D eigenvalue weighted by molar-refractivity contribution is -0.117. The van der Waals surface area contributed by atoms with Crippen LogP contribution < -0.4 is 10.1 Å². The van der Waals surface area contributed by atoms with Crippen molar-refractivity contribution in [1.82, 2.24) is 5.32 Å². The zero-order chi connectivity index (χ0) is 19.8. The molecule has 1 heterocycles. The number of carbonyl (C=O) groups excluding carboxylic acids is 1. The average molecular weight is 409 g/mol. The first-order chi connectivity index (χ1) is 13.6. The number of nitriles is 1. The highest BCUT2D eigenvalue weighted by Gasteiger charge is 2.09. The molecule has 0 saturated heterocycles. The van der Waals surface area contributed by atoms with E-state index in [1.165, 1.54) is 0 Å². The maximum atomic E-state index is 12.2. The third-order valence-corrected chi connectivity index (χ3v) is 5.01. The van der Waals surface area contributed by atoms with Crippen molar-refractivity contribution in [2.75, 3.05) is 0 Å². The number of amides is 1. The van der Waals surface area contributed by atoms with Crippen LogP contribution in [0.15, 0.2) is 71.6 Å². The number of hydrogen-bond acceptors (Lipinski definition) is 4. The van der Waals surface area contributed by atoms with Gasteiger partial charge >= 0.3 is 0 Å². The first-order valence-corrected chi connectivity index (χ1v) is 9.79. The number of benzene rings is 2. The molecule has 0 fully saturated rings. The summed E-state index contributed by atoms with van der Waals surface area (Å²) in [5.41, 5.74) is 1.83. The van der Waals surface area contributed by atoms with Crippen molar-refractivity contribution >= 4 is 34.9 Å². The molecule has 0 bridgehead atoms. The van der Waals surface area contributed by atoms with E-state index in [0.29, 0.717) is 23.9 Å². The van der Waals surface area contributed by atoms with E-state index < -0.39 is 0 Å². The molecule has 28 heavy (non-hydrogen) atoms. The Morgan fingerprint density at radius 1 is 1.14 bits per heavy atom. The molecule has 6 heteroatoms. The largest absolute Gasteiger partial charge is 0.489 e. The van der Waals surface area contributed by atoms with Gasteiger partial charge in [0.1, 0.15) is 24.0 Å². The minimum Gasteiger partial charge on any atom is -0.489 e. The highest BCUT2D eigenvalue weighted by atomic mass is 35.5. The molecule has 140 valence electrons. The second-order valence-electron chi connectivity index (χ2n) is 5.92. The van der Waals surface area contributed by atoms with Crippen LogP contribution in [0.4, 0.5) is 0 Å². The molecule has 3 rings (SSSR count). The van der Waals surface area contributed by atoms with Crippen molar-refractivity contribution in [3.63, 3.8) is 0 Å². The Balaban J connectivity index is 1.58. The van der Waals surface area contributed by atoms with Crippen LogP contribution in [0.25, 0.3) is 6.08 Å². The quantitative estimate of drug-likeness (QED) is 0.431. The second-order valence-corrected chi connectivity index (χ2v) is 7.38. The first-order valence-electron chi connectivity index (χ1n) is 8.54. The minimum atomic E-state index is -0.390. The van der Waals surface area contributed by atoms with E-state index in [2.05, 4.69) is 5.32 Å². The summed E-state index contributed by atoms with van der Waals surface area (Å²) in [4.78, 5) is 13.2. The van der Waals surface area contributed by atoms with Gasteiger partial charge in [0.2, 0.25) is 0 Å². The number of halogens is 1. The molecule has 1 amide bonds. The van der Waals surface area contributed by atoms with Crippen LogP contribution in [0.3, 0.4) is 0 Å². The number of thiophene rings is 1. The van der Waals surface area contributed by atoms with Crippen LogP contribution in [0.2, 0.25) is 5.02 Å². The van der Waals surface area contributed by atoms with E-state index in [4.69, 9.17) is 16.3 Å². The van der Waals surface area contributed by atoms with Gasteiger partial charge in [0.05, 0.1) is 6.54 Å². The number of rotatable bonds is 7. The monoisotopic (exact) mass is 408 g/mol. The molecule has 4 nitrogen and oxygen atoms in total. The van der Waals surface area contributed by atoms with Gasteiger partial charge in [-0.15, -0.1) is 11.3 Å². The van der Waals surface area contributed by atoms with Gasteiger partial charge in [0.15, 0.2) is 0 Å². The fraction of sp³-hybridized carbons (Fsp3) is 0.0909. The Hall–Kier alpha value is -3.07. The molecule has 0 aliphatic carbocycles. The molecule has 0 aliphatic heterocycles. The maximum Gasteiger partial charge on any atom is 0.262 e. The summed E-state index contributed by atoms with van der Waals surface area (Å²) in [5.74, 6) is 0.312. The van der Waals surface area contributed by atoms with Crippen molar-refractivity contribution in [3.05, 3.63) is 92.6 Å². The van der Waals surface area contributed by atoms with Crippen molar-refractivity contribution in [2.45, 2.75) is 13.2 Å². The predicted octanol–water partition coefficient (Wildman–Crippen LogP) is 5.20. The first kappa shape index (κ1) is 19.7. The summed E-state index contributed by atoms with van der Waals surface area (Å²) in [6, 6.07) is 20.5. The number of hydrogen-bond donors (Lipinski definition) is 1. The van der Waals surface area contributed by atoms with E-state index >= 15 is 0 Å². The molecule has 2 aromatic carbocycles. The summed E-state index contributed by atoms with van der Waals surface area (Å²) in [6.45, 7) is 0.841. The van der Waals surface area contributed by atoms with Crippen LogP contribution in [0, 0.1) is 11.3 Å². The van der Waals surface area contributed by atoms with Gasteiger partial charge in [0.25, 0.3) is 5.91 Å². The van der Waals surface area contributed by atoms with Gasteiger partial charge in [-0.25, -0.2) is 0 Å². The summed E-state index contributed by atoms with van der Waals surface area (Å²) in [6.07, 6.45) is 1.56. The van der Waals surface area contributed by atoms with E-state index in [-0.39, 0.29) is 11.5 Å². The normalized spacial score (nSPS) is 10.9. The third-order valence-electron chi connectivity index (χ3n) is 3.88. The molecule has 0 atom stereocenters. The number of nitrogens with zero attached hydrogens (tertiary/aromatic N) is 1. The molecule has 0 aliphatic rings. The van der Waals surface area contributed by atoms with Crippen molar-refractivity contribution in [1.29, 1.82) is 5.26 Å². The number of ether oxygens (including phenoxy) is 1. The average Bonchev–Trinajstić information content (AvgIpc) is 3.24. The van der Waals surface area contributed by atoms with E-state index in [9.17, 15) is 10.1 Å². The fourth-order valence-electron chi connectivity index (χ4n) is 2.40. The maximum absolute atomic E-state index is 12.2. The second kappa shape index (κ2) is 9.75. The Labute approximate surface area is 172 Å². The zero-order valence-electron chi connectivity index (χ0n) is 14.9. The smallest absolute Gasteiger partial charge is 0.262 e. The molecule has 0 saturated carbocycles. The summed E-state index contributed by atoms with van der Waals surface area (Å²) < 4.78 is 5.74. The summed E-state index contributed by atoms with van der Waals surface area (Å²) >= 11 is 7.43. The van der Waals surface area contributed by atoms with Crippen LogP contribution in [0.1, 0.15) is 16.0 Å². The molecule has 1 aromatic heterocycles. The van der Waals surface area contributed by atoms with Gasteiger partial charge < -0.3 is 10.1 Å². The minimum absolute atomic E-state index is 0.0615. The number of nitrogens with one attached hydrogen (secondary N) is 1. The molecule has 0 radical (unpaired) electrons. The lowest BCUT2D eigenvalue weighted by atomic mass is 10.1. The molecule has 0 spiro atoms. The zero-order valence-corrected chi connectivity index (χ0v) is 16.5. The van der Waals surface area contributed by atoms with Gasteiger partial charge in [-0.3, -0.25) is 4.79 Å². The summed E-state index contributed by atoms with van der Waals surface area (Å²) in [5, 5.41) is 14.7. The summed E-state index contributed by atoms with van der Waals surface area (Å²) in [7, 11) is 0. The van der Waals surface area contributed by atoms with Gasteiger partial charge in [-0.2, -0.15) is 5.26 Å². The van der Waals surface area contributed by atoms with Gasteiger partial charge in [-0.05, 0) is 52.9 Å². The molecular weight excluding hydrogens is 392 g/mol. The highest BCUT2D eigenvalue weighted by Crippen LogP contribution is 2.17. The van der Waals surface area contributed by atoms with Gasteiger partial charge in [-0.1, -0.05) is 41.9 Å². The molecule has 3 aromatic rings. The van der Waals surface area contributed by atoms with E-state index in [0.717, 1.165) is 16.0 Å². The third kappa shape index (κ3) is 5.71. The highest BCUT2D eigenvalue weighted by molar-refractivity contribution is 7.09. The Kier molecular flexibility index (Phi) is 6.85. The topological polar surface area (TPSA) is 62.1 Å². The number of carbonyl (C=O) groups is 1. The molecule has 0 unspecified atom stereocenters. The van der Waals surface area contributed by atoms with Crippen LogP contribution >= 0.6 is 22.9 Å². The molecular formula is C22H17ClN2O2S. The van der Waals surface area contributed by atoms with Crippen LogP contribution in [0.5, 0.6) is 5.75 Å². The van der Waals surface area contributed by atoms with Crippen molar-refractivity contribution in [2.24, 2.45) is 0 Å². The molecule has 1 N–H and O–H groups in total. The van der Waals surface area contributed by atoms with Crippen LogP contribution in [-0.2, 0) is 17.9 Å². The van der Waals surface area contributed by atoms with Crippen LogP contribution in [-0.4, -0.2) is 5.91 Å². The standard InChI is InChI=1S/C22H17ClN2O2S/c23-19-7-3-17(4-8-19)15-27-20-9-5-16(6-10-20)12-18(13-24)22(26)25-14-21-2-1-11-28-21/h1-12H,14-15H2,(H,25,26)/b18-12+. The van der Waals surface area contributed by atoms with Gasteiger partial charge in [0, 0.05) is 9.90 Å². The Morgan fingerprint density at radius 3 is 2.54 bits per heavy atom. The predicted molar refractivity (Wildman–Crippen MR) is 112 cm³/mol. The lowest BCUT2D eigenvalue weighted by Gasteiger charge is -2.07. The lowest BCUT2D eigenvalue weighted by Crippen LogP contribution is -2.23. The van der Waals surface area contributed by atoms with E-state index in [1.54, 1.807) is 41.7 Å². The Bertz CT molecular complexity index is 989. The fourth-order valence-corrected chi connectivity index (χ4v) is 3.17. The van der Waals surface area contributed by atoms with E-state index in [1.807, 2.05) is 47.8 Å². The van der Waals surface area contributed by atoms with Crippen molar-refractivity contribution < 1.29 is 9.53 Å².